The molecule has 0 saturated carbocycles. The van der Waals surface area contributed by atoms with E-state index < -0.39 is 23.2 Å². The summed E-state index contributed by atoms with van der Waals surface area (Å²) in [6, 6.07) is 7.15. The fraction of sp³-hybridized carbons (Fsp3) is 0.222. The van der Waals surface area contributed by atoms with Gasteiger partial charge in [-0.15, -0.1) is 0 Å². The Morgan fingerprint density at radius 3 is 2.89 bits per heavy atom. The summed E-state index contributed by atoms with van der Waals surface area (Å²) < 4.78 is 13.4. The smallest absolute Gasteiger partial charge is 0.268 e. The molecule has 1 fully saturated rings. The van der Waals surface area contributed by atoms with Gasteiger partial charge >= 0.3 is 0 Å². The summed E-state index contributed by atoms with van der Waals surface area (Å²) in [7, 11) is 0. The summed E-state index contributed by atoms with van der Waals surface area (Å²) >= 11 is 5.76. The molecule has 0 aliphatic carbocycles. The third-order valence-electron chi connectivity index (χ3n) is 4.21. The molecule has 2 amide bonds. The van der Waals surface area contributed by atoms with Gasteiger partial charge in [-0.1, -0.05) is 11.6 Å². The van der Waals surface area contributed by atoms with Gasteiger partial charge in [-0.3, -0.25) is 14.6 Å². The van der Waals surface area contributed by atoms with Crippen LogP contribution in [0.2, 0.25) is 5.02 Å². The van der Waals surface area contributed by atoms with Crippen molar-refractivity contribution in [2.45, 2.75) is 18.6 Å². The number of nitriles is 1. The Morgan fingerprint density at radius 2 is 2.19 bits per heavy atom. The van der Waals surface area contributed by atoms with Gasteiger partial charge in [0.15, 0.2) is 0 Å². The van der Waals surface area contributed by atoms with Crippen molar-refractivity contribution in [1.29, 1.82) is 5.26 Å². The molecule has 0 spiro atoms. The van der Waals surface area contributed by atoms with Crippen molar-refractivity contribution in [3.05, 3.63) is 58.6 Å². The lowest BCUT2D eigenvalue weighted by atomic mass is 10.0. The highest BCUT2D eigenvalue weighted by atomic mass is 35.5. The fourth-order valence-electron chi connectivity index (χ4n) is 2.84. The highest BCUT2D eigenvalue weighted by Gasteiger charge is 2.51. The molecule has 1 aromatic heterocycles. The average molecular weight is 389 g/mol. The zero-order valence-corrected chi connectivity index (χ0v) is 14.7. The second-order valence-corrected chi connectivity index (χ2v) is 6.51. The Labute approximate surface area is 159 Å². The molecular formula is C18H14ClFN4O3. The normalized spacial score (nSPS) is 19.0. The van der Waals surface area contributed by atoms with Crippen molar-refractivity contribution >= 4 is 29.1 Å². The zero-order valence-electron chi connectivity index (χ0n) is 13.9. The molecule has 3 rings (SSSR count). The van der Waals surface area contributed by atoms with Crippen molar-refractivity contribution in [1.82, 2.24) is 10.3 Å². The van der Waals surface area contributed by atoms with E-state index in [1.54, 1.807) is 0 Å². The number of nitrogens with zero attached hydrogens (tertiary/aromatic N) is 3. The molecule has 1 unspecified atom stereocenters. The Kier molecular flexibility index (Phi) is 5.08. The van der Waals surface area contributed by atoms with E-state index in [0.29, 0.717) is 11.3 Å². The van der Waals surface area contributed by atoms with Gasteiger partial charge in [0.05, 0.1) is 17.4 Å². The highest BCUT2D eigenvalue weighted by Crippen LogP contribution is 2.28. The first-order chi connectivity index (χ1) is 12.8. The molecule has 2 N–H and O–H groups in total. The van der Waals surface area contributed by atoms with Gasteiger partial charge in [-0.05, 0) is 29.8 Å². The molecule has 0 bridgehead atoms. The van der Waals surface area contributed by atoms with Crippen molar-refractivity contribution < 1.29 is 19.1 Å². The van der Waals surface area contributed by atoms with E-state index in [1.807, 2.05) is 6.07 Å². The van der Waals surface area contributed by atoms with Gasteiger partial charge in [-0.25, -0.2) is 4.39 Å². The maximum absolute atomic E-state index is 13.4. The van der Waals surface area contributed by atoms with Gasteiger partial charge in [0, 0.05) is 30.7 Å². The quantitative estimate of drug-likeness (QED) is 0.772. The van der Waals surface area contributed by atoms with Crippen LogP contribution in [0.3, 0.4) is 0 Å². The van der Waals surface area contributed by atoms with E-state index in [1.165, 1.54) is 35.5 Å². The molecule has 2 aromatic rings. The number of nitrogens with one attached hydrogen (secondary N) is 1. The Hall–Kier alpha value is -3.02. The van der Waals surface area contributed by atoms with E-state index in [0.717, 1.165) is 6.07 Å². The summed E-state index contributed by atoms with van der Waals surface area (Å²) in [5, 5.41) is 22.1. The van der Waals surface area contributed by atoms with E-state index in [-0.39, 0.29) is 30.1 Å². The zero-order chi connectivity index (χ0) is 19.6. The number of rotatable bonds is 4. The minimum atomic E-state index is -2.25. The lowest BCUT2D eigenvalue weighted by Gasteiger charge is -2.21. The molecule has 2 heterocycles. The molecule has 27 heavy (non-hydrogen) atoms. The minimum absolute atomic E-state index is 0.0884. The summed E-state index contributed by atoms with van der Waals surface area (Å²) in [6.07, 6.45) is 2.59. The van der Waals surface area contributed by atoms with Gasteiger partial charge in [0.2, 0.25) is 5.60 Å². The third kappa shape index (κ3) is 3.74. The number of carbonyl (C=O) groups excluding carboxylic acids is 2. The molecule has 7 nitrogen and oxygen atoms in total. The maximum atomic E-state index is 13.4. The summed E-state index contributed by atoms with van der Waals surface area (Å²) in [6.45, 7) is -0.0114. The lowest BCUT2D eigenvalue weighted by molar-refractivity contribution is -0.149. The van der Waals surface area contributed by atoms with Crippen molar-refractivity contribution in [2.75, 3.05) is 11.4 Å². The second-order valence-electron chi connectivity index (χ2n) is 6.07. The van der Waals surface area contributed by atoms with Crippen molar-refractivity contribution in [3.63, 3.8) is 0 Å². The van der Waals surface area contributed by atoms with Crippen LogP contribution >= 0.6 is 11.6 Å². The van der Waals surface area contributed by atoms with Crippen LogP contribution in [0.25, 0.3) is 0 Å². The standard InChI is InChI=1S/C18H14ClFN4O3/c19-13-3-11(4-14(20)6-13)9-23-16(25)18(27)1-2-24(17(18)26)15-5-12(7-21)8-22-10-15/h3-6,8,10,27H,1-2,9H2,(H,23,25). The topological polar surface area (TPSA) is 106 Å². The number of amides is 2. The van der Waals surface area contributed by atoms with Crippen LogP contribution in [0.1, 0.15) is 17.5 Å². The SMILES string of the molecule is N#Cc1cncc(N2CCC(O)(C(=O)NCc3cc(F)cc(Cl)c3)C2=O)c1. The van der Waals surface area contributed by atoms with Crippen LogP contribution in [0, 0.1) is 17.1 Å². The number of anilines is 1. The van der Waals surface area contributed by atoms with Crippen LogP contribution in [0.15, 0.2) is 36.7 Å². The molecule has 1 atom stereocenters. The number of benzene rings is 1. The number of halogens is 2. The number of pyridine rings is 1. The predicted molar refractivity (Wildman–Crippen MR) is 94.1 cm³/mol. The molecular weight excluding hydrogens is 375 g/mol. The number of aliphatic hydroxyl groups is 1. The van der Waals surface area contributed by atoms with E-state index >= 15 is 0 Å². The summed E-state index contributed by atoms with van der Waals surface area (Å²) in [5.74, 6) is -2.26. The second kappa shape index (κ2) is 7.31. The first-order valence-corrected chi connectivity index (χ1v) is 8.34. The Morgan fingerprint density at radius 1 is 1.41 bits per heavy atom. The molecule has 1 aliphatic heterocycles. The number of hydrogen-bond donors (Lipinski definition) is 2. The fourth-order valence-corrected chi connectivity index (χ4v) is 3.08. The Balaban J connectivity index is 1.73. The number of hydrogen-bond acceptors (Lipinski definition) is 5. The van der Waals surface area contributed by atoms with E-state index in [2.05, 4.69) is 10.3 Å². The summed E-state index contributed by atoms with van der Waals surface area (Å²) in [4.78, 5) is 30.1. The van der Waals surface area contributed by atoms with Gasteiger partial charge < -0.3 is 15.3 Å². The van der Waals surface area contributed by atoms with Gasteiger partial charge in [0.25, 0.3) is 11.8 Å². The molecule has 9 heteroatoms. The lowest BCUT2D eigenvalue weighted by Crippen LogP contribution is -2.52. The van der Waals surface area contributed by atoms with Crippen LogP contribution in [0.5, 0.6) is 0 Å². The molecule has 138 valence electrons. The molecule has 1 saturated heterocycles. The summed E-state index contributed by atoms with van der Waals surface area (Å²) in [5.41, 5.74) is -1.28. The van der Waals surface area contributed by atoms with Gasteiger partial charge in [-0.2, -0.15) is 5.26 Å². The Bertz CT molecular complexity index is 942. The van der Waals surface area contributed by atoms with Crippen LogP contribution in [-0.2, 0) is 16.1 Å². The number of carbonyl (C=O) groups is 2. The van der Waals surface area contributed by atoms with Crippen molar-refractivity contribution in [2.24, 2.45) is 0 Å². The minimum Gasteiger partial charge on any atom is -0.372 e. The number of aromatic nitrogens is 1. The van der Waals surface area contributed by atoms with E-state index in [9.17, 15) is 19.1 Å². The van der Waals surface area contributed by atoms with Crippen molar-refractivity contribution in [3.8, 4) is 6.07 Å². The molecule has 1 aliphatic rings. The van der Waals surface area contributed by atoms with E-state index in [4.69, 9.17) is 16.9 Å². The van der Waals surface area contributed by atoms with Crippen LogP contribution < -0.4 is 10.2 Å². The first-order valence-electron chi connectivity index (χ1n) is 7.96. The molecule has 1 aromatic carbocycles. The first kappa shape index (κ1) is 18.8. The van der Waals surface area contributed by atoms with Crippen LogP contribution in [-0.4, -0.2) is 34.1 Å². The highest BCUT2D eigenvalue weighted by molar-refractivity contribution is 6.30. The predicted octanol–water partition coefficient (Wildman–Crippen LogP) is 1.53. The monoisotopic (exact) mass is 388 g/mol. The third-order valence-corrected chi connectivity index (χ3v) is 4.43. The molecule has 0 radical (unpaired) electrons. The largest absolute Gasteiger partial charge is 0.372 e. The van der Waals surface area contributed by atoms with Crippen LogP contribution in [0.4, 0.5) is 10.1 Å². The average Bonchev–Trinajstić information content (AvgIpc) is 2.95. The maximum Gasteiger partial charge on any atom is 0.268 e. The van der Waals surface area contributed by atoms with Gasteiger partial charge in [0.1, 0.15) is 11.9 Å².